The summed E-state index contributed by atoms with van der Waals surface area (Å²) in [6.07, 6.45) is 6.68. The molecule has 3 N–H and O–H groups in total. The van der Waals surface area contributed by atoms with Crippen LogP contribution in [-0.2, 0) is 21.3 Å². The molecule has 3 unspecified atom stereocenters. The Morgan fingerprint density at radius 3 is 2.71 bits per heavy atom. The lowest BCUT2D eigenvalue weighted by Gasteiger charge is -2.21. The lowest BCUT2D eigenvalue weighted by Crippen LogP contribution is -2.40. The van der Waals surface area contributed by atoms with Gasteiger partial charge in [0.05, 0.1) is 6.04 Å². The molecule has 1 aromatic carbocycles. The Morgan fingerprint density at radius 1 is 1.33 bits per heavy atom. The number of benzene rings is 1. The molecule has 134 valence electrons. The molecule has 1 fully saturated rings. The quantitative estimate of drug-likeness (QED) is 0.789. The first-order chi connectivity index (χ1) is 11.5. The third-order valence-corrected chi connectivity index (χ3v) is 6.82. The van der Waals surface area contributed by atoms with Crippen LogP contribution in [0.2, 0.25) is 0 Å². The highest BCUT2D eigenvalue weighted by atomic mass is 32.2. The Balaban J connectivity index is 1.95. The standard InChI is InChI=1S/C19H30N2O2S/c1-3-14(2)18(20)19(22)21-16-9-7-8-15(12-16)13-24(23)17-10-5-4-6-11-17/h7-9,12,14,17-18H,3-6,10-11,13,20H2,1-2H3,(H,21,22). The van der Waals surface area contributed by atoms with Crippen molar-refractivity contribution >= 4 is 22.4 Å². The Labute approximate surface area is 148 Å². The molecule has 4 nitrogen and oxygen atoms in total. The third-order valence-electron chi connectivity index (χ3n) is 4.99. The maximum absolute atomic E-state index is 12.5. The summed E-state index contributed by atoms with van der Waals surface area (Å²) in [6.45, 7) is 4.01. The minimum Gasteiger partial charge on any atom is -0.325 e. The van der Waals surface area contributed by atoms with Gasteiger partial charge in [0.2, 0.25) is 5.91 Å². The van der Waals surface area contributed by atoms with E-state index >= 15 is 0 Å². The highest BCUT2D eigenvalue weighted by molar-refractivity contribution is 7.84. The van der Waals surface area contributed by atoms with Crippen LogP contribution in [0.15, 0.2) is 24.3 Å². The minimum absolute atomic E-state index is 0.145. The van der Waals surface area contributed by atoms with Crippen LogP contribution in [0.5, 0.6) is 0 Å². The van der Waals surface area contributed by atoms with Crippen molar-refractivity contribution in [2.24, 2.45) is 11.7 Å². The average Bonchev–Trinajstić information content (AvgIpc) is 2.61. The molecule has 1 aliphatic rings. The average molecular weight is 351 g/mol. The summed E-state index contributed by atoms with van der Waals surface area (Å²) in [7, 11) is -0.833. The molecule has 5 heteroatoms. The first-order valence-corrected chi connectivity index (χ1v) is 10.4. The number of hydrogen-bond acceptors (Lipinski definition) is 3. The number of anilines is 1. The summed E-state index contributed by atoms with van der Waals surface area (Å²) in [5.41, 5.74) is 7.72. The highest BCUT2D eigenvalue weighted by Gasteiger charge is 2.21. The molecule has 0 aliphatic heterocycles. The summed E-state index contributed by atoms with van der Waals surface area (Å²) in [4.78, 5) is 12.2. The van der Waals surface area contributed by atoms with Gasteiger partial charge in [0.25, 0.3) is 0 Å². The van der Waals surface area contributed by atoms with Crippen molar-refractivity contribution in [3.63, 3.8) is 0 Å². The number of rotatable bonds is 7. The van der Waals surface area contributed by atoms with Crippen molar-refractivity contribution in [1.29, 1.82) is 0 Å². The smallest absolute Gasteiger partial charge is 0.241 e. The lowest BCUT2D eigenvalue weighted by atomic mass is 9.99. The maximum atomic E-state index is 12.5. The molecule has 0 saturated heterocycles. The van der Waals surface area contributed by atoms with Crippen molar-refractivity contribution in [3.05, 3.63) is 29.8 Å². The second kappa shape index (κ2) is 9.33. The van der Waals surface area contributed by atoms with Crippen LogP contribution in [0.4, 0.5) is 5.69 Å². The molecular weight excluding hydrogens is 320 g/mol. The van der Waals surface area contributed by atoms with Gasteiger partial charge < -0.3 is 11.1 Å². The van der Waals surface area contributed by atoms with E-state index in [2.05, 4.69) is 5.32 Å². The predicted molar refractivity (Wildman–Crippen MR) is 101 cm³/mol. The molecule has 1 aliphatic carbocycles. The summed E-state index contributed by atoms with van der Waals surface area (Å²) in [5, 5.41) is 3.22. The zero-order valence-corrected chi connectivity index (χ0v) is 15.6. The van der Waals surface area contributed by atoms with E-state index in [9.17, 15) is 9.00 Å². The van der Waals surface area contributed by atoms with Crippen molar-refractivity contribution in [1.82, 2.24) is 0 Å². The molecule has 3 atom stereocenters. The molecule has 24 heavy (non-hydrogen) atoms. The van der Waals surface area contributed by atoms with E-state index in [1.807, 2.05) is 38.1 Å². The van der Waals surface area contributed by atoms with Gasteiger partial charge in [-0.1, -0.05) is 51.7 Å². The van der Waals surface area contributed by atoms with Gasteiger partial charge in [-0.05, 0) is 36.5 Å². The van der Waals surface area contributed by atoms with E-state index in [4.69, 9.17) is 5.73 Å². The number of carbonyl (C=O) groups is 1. The Hall–Kier alpha value is -1.20. The molecule has 0 bridgehead atoms. The monoisotopic (exact) mass is 350 g/mol. The minimum atomic E-state index is -0.833. The molecule has 1 amide bonds. The zero-order valence-electron chi connectivity index (χ0n) is 14.8. The number of carbonyl (C=O) groups excluding carboxylic acids is 1. The van der Waals surface area contributed by atoms with Crippen molar-refractivity contribution in [3.8, 4) is 0 Å². The fraction of sp³-hybridized carbons (Fsp3) is 0.632. The van der Waals surface area contributed by atoms with Crippen LogP contribution in [0.25, 0.3) is 0 Å². The molecule has 0 spiro atoms. The topological polar surface area (TPSA) is 72.2 Å². The van der Waals surface area contributed by atoms with Crippen molar-refractivity contribution in [2.45, 2.75) is 69.4 Å². The number of amides is 1. The van der Waals surface area contributed by atoms with Crippen LogP contribution >= 0.6 is 0 Å². The summed E-state index contributed by atoms with van der Waals surface area (Å²) < 4.78 is 12.5. The molecule has 0 radical (unpaired) electrons. The molecule has 1 aromatic rings. The number of nitrogens with two attached hydrogens (primary N) is 1. The van der Waals surface area contributed by atoms with E-state index in [1.54, 1.807) is 0 Å². The van der Waals surface area contributed by atoms with Crippen LogP contribution in [0.3, 0.4) is 0 Å². The Bertz CT molecular complexity index is 539. The van der Waals surface area contributed by atoms with E-state index in [1.165, 1.54) is 19.3 Å². The summed E-state index contributed by atoms with van der Waals surface area (Å²) >= 11 is 0. The van der Waals surface area contributed by atoms with E-state index < -0.39 is 16.8 Å². The van der Waals surface area contributed by atoms with Gasteiger partial charge in [-0.2, -0.15) is 0 Å². The van der Waals surface area contributed by atoms with Crippen LogP contribution in [0.1, 0.15) is 57.9 Å². The van der Waals surface area contributed by atoms with Crippen molar-refractivity contribution < 1.29 is 9.00 Å². The second-order valence-electron chi connectivity index (χ2n) is 6.89. The molecule has 0 aromatic heterocycles. The fourth-order valence-electron chi connectivity index (χ4n) is 3.09. The maximum Gasteiger partial charge on any atom is 0.241 e. The molecule has 2 rings (SSSR count). The van der Waals surface area contributed by atoms with Gasteiger partial charge in [0.15, 0.2) is 0 Å². The largest absolute Gasteiger partial charge is 0.325 e. The van der Waals surface area contributed by atoms with E-state index in [0.717, 1.165) is 30.5 Å². The number of nitrogens with one attached hydrogen (secondary N) is 1. The van der Waals surface area contributed by atoms with Crippen LogP contribution in [0, 0.1) is 5.92 Å². The molecule has 0 heterocycles. The normalized spacial score (nSPS) is 19.5. The first kappa shape index (κ1) is 19.1. The Kier molecular flexibility index (Phi) is 7.43. The number of hydrogen-bond donors (Lipinski definition) is 2. The third kappa shape index (κ3) is 5.42. The van der Waals surface area contributed by atoms with E-state index in [-0.39, 0.29) is 11.8 Å². The van der Waals surface area contributed by atoms with Crippen LogP contribution < -0.4 is 11.1 Å². The van der Waals surface area contributed by atoms with Gasteiger partial charge in [-0.25, -0.2) is 0 Å². The van der Waals surface area contributed by atoms with Gasteiger partial charge in [-0.15, -0.1) is 0 Å². The van der Waals surface area contributed by atoms with Crippen molar-refractivity contribution in [2.75, 3.05) is 5.32 Å². The van der Waals surface area contributed by atoms with Gasteiger partial charge in [0.1, 0.15) is 0 Å². The van der Waals surface area contributed by atoms with Gasteiger partial charge >= 0.3 is 0 Å². The second-order valence-corrected chi connectivity index (χ2v) is 8.60. The van der Waals surface area contributed by atoms with Crippen LogP contribution in [-0.4, -0.2) is 21.4 Å². The lowest BCUT2D eigenvalue weighted by molar-refractivity contribution is -0.118. The fourth-order valence-corrected chi connectivity index (χ4v) is 4.69. The Morgan fingerprint density at radius 2 is 2.04 bits per heavy atom. The van der Waals surface area contributed by atoms with E-state index in [0.29, 0.717) is 11.0 Å². The molecule has 1 saturated carbocycles. The summed E-state index contributed by atoms with van der Waals surface area (Å²) in [6, 6.07) is 7.15. The highest BCUT2D eigenvalue weighted by Crippen LogP contribution is 2.24. The SMILES string of the molecule is CCC(C)C(N)C(=O)Nc1cccc(CS(=O)C2CCCCC2)c1. The first-order valence-electron chi connectivity index (χ1n) is 9.03. The van der Waals surface area contributed by atoms with Gasteiger partial charge in [0, 0.05) is 27.5 Å². The van der Waals surface area contributed by atoms with Gasteiger partial charge in [-0.3, -0.25) is 9.00 Å². The predicted octanol–water partition coefficient (Wildman–Crippen LogP) is 3.58. The zero-order chi connectivity index (χ0) is 17.5. The summed E-state index contributed by atoms with van der Waals surface area (Å²) in [5.74, 6) is 0.549. The molecular formula is C19H30N2O2S.